The van der Waals surface area contributed by atoms with E-state index in [-0.39, 0.29) is 12.3 Å². The molecule has 1 amide bonds. The SMILES string of the molecule is Cc1nccn1CCN1CC(C(=O)O)CC1=O. The molecule has 1 unspecified atom stereocenters. The molecule has 1 atom stereocenters. The minimum atomic E-state index is -0.889. The van der Waals surface area contributed by atoms with Crippen LogP contribution in [0, 0.1) is 12.8 Å². The summed E-state index contributed by atoms with van der Waals surface area (Å²) in [6, 6.07) is 0. The first kappa shape index (κ1) is 11.6. The summed E-state index contributed by atoms with van der Waals surface area (Å²) in [5.74, 6) is -0.618. The highest BCUT2D eigenvalue weighted by Crippen LogP contribution is 2.17. The number of imidazole rings is 1. The van der Waals surface area contributed by atoms with Gasteiger partial charge in [0.25, 0.3) is 0 Å². The van der Waals surface area contributed by atoms with E-state index in [1.165, 1.54) is 0 Å². The Hall–Kier alpha value is -1.85. The summed E-state index contributed by atoms with van der Waals surface area (Å²) in [6.45, 7) is 3.41. The minimum Gasteiger partial charge on any atom is -0.481 e. The number of rotatable bonds is 4. The number of aryl methyl sites for hydroxylation is 1. The number of carbonyl (C=O) groups is 2. The molecule has 1 fully saturated rings. The quantitative estimate of drug-likeness (QED) is 0.807. The number of carboxylic acid groups (broad SMARTS) is 1. The first-order valence-corrected chi connectivity index (χ1v) is 5.56. The molecule has 1 aromatic rings. The molecule has 17 heavy (non-hydrogen) atoms. The van der Waals surface area contributed by atoms with E-state index < -0.39 is 11.9 Å². The van der Waals surface area contributed by atoms with Crippen LogP contribution in [-0.4, -0.2) is 44.5 Å². The third kappa shape index (κ3) is 2.46. The summed E-state index contributed by atoms with van der Waals surface area (Å²) in [5, 5.41) is 8.85. The molecule has 0 aliphatic carbocycles. The molecule has 1 N–H and O–H groups in total. The van der Waals surface area contributed by atoms with Gasteiger partial charge in [-0.15, -0.1) is 0 Å². The van der Waals surface area contributed by atoms with Crippen molar-refractivity contribution in [2.45, 2.75) is 19.9 Å². The fourth-order valence-corrected chi connectivity index (χ4v) is 2.02. The number of carboxylic acids is 1. The highest BCUT2D eigenvalue weighted by molar-refractivity contribution is 5.86. The molecule has 1 aromatic heterocycles. The van der Waals surface area contributed by atoms with Crippen LogP contribution >= 0.6 is 0 Å². The second kappa shape index (κ2) is 4.57. The van der Waals surface area contributed by atoms with Crippen molar-refractivity contribution in [2.24, 2.45) is 5.92 Å². The van der Waals surface area contributed by atoms with Crippen molar-refractivity contribution in [1.82, 2.24) is 14.5 Å². The zero-order valence-corrected chi connectivity index (χ0v) is 9.67. The van der Waals surface area contributed by atoms with E-state index in [2.05, 4.69) is 4.98 Å². The number of amides is 1. The van der Waals surface area contributed by atoms with Crippen LogP contribution in [0.1, 0.15) is 12.2 Å². The van der Waals surface area contributed by atoms with Crippen LogP contribution in [0.4, 0.5) is 0 Å². The largest absolute Gasteiger partial charge is 0.481 e. The smallest absolute Gasteiger partial charge is 0.308 e. The summed E-state index contributed by atoms with van der Waals surface area (Å²) < 4.78 is 1.95. The normalized spacial score (nSPS) is 19.9. The number of carbonyl (C=O) groups excluding carboxylic acids is 1. The standard InChI is InChI=1S/C11H15N3O3/c1-8-12-2-3-13(8)4-5-14-7-9(11(16)17)6-10(14)15/h2-3,9H,4-7H2,1H3,(H,16,17). The third-order valence-corrected chi connectivity index (χ3v) is 3.10. The Morgan fingerprint density at radius 3 is 2.88 bits per heavy atom. The average Bonchev–Trinajstić information content (AvgIpc) is 2.82. The summed E-state index contributed by atoms with van der Waals surface area (Å²) in [6.07, 6.45) is 3.68. The molecule has 92 valence electrons. The molecule has 0 spiro atoms. The van der Waals surface area contributed by atoms with Gasteiger partial charge in [-0.3, -0.25) is 9.59 Å². The highest BCUT2D eigenvalue weighted by Gasteiger charge is 2.33. The van der Waals surface area contributed by atoms with Crippen molar-refractivity contribution < 1.29 is 14.7 Å². The Balaban J connectivity index is 1.90. The monoisotopic (exact) mass is 237 g/mol. The molecule has 6 heteroatoms. The molecule has 1 aliphatic heterocycles. The van der Waals surface area contributed by atoms with Crippen LogP contribution in [0.3, 0.4) is 0 Å². The van der Waals surface area contributed by atoms with Gasteiger partial charge in [-0.05, 0) is 6.92 Å². The van der Waals surface area contributed by atoms with E-state index >= 15 is 0 Å². The van der Waals surface area contributed by atoms with Crippen LogP contribution in [0.15, 0.2) is 12.4 Å². The topological polar surface area (TPSA) is 75.4 Å². The molecule has 0 radical (unpaired) electrons. The van der Waals surface area contributed by atoms with E-state index in [1.54, 1.807) is 11.1 Å². The van der Waals surface area contributed by atoms with Gasteiger partial charge in [0, 0.05) is 38.4 Å². The molecule has 0 saturated carbocycles. The van der Waals surface area contributed by atoms with Crippen molar-refractivity contribution in [3.8, 4) is 0 Å². The molecular weight excluding hydrogens is 222 g/mol. The zero-order valence-electron chi connectivity index (χ0n) is 9.67. The van der Waals surface area contributed by atoms with Gasteiger partial charge in [0.05, 0.1) is 5.92 Å². The lowest BCUT2D eigenvalue weighted by molar-refractivity contribution is -0.141. The number of likely N-dealkylation sites (tertiary alicyclic amines) is 1. The maximum atomic E-state index is 11.6. The van der Waals surface area contributed by atoms with Crippen molar-refractivity contribution in [1.29, 1.82) is 0 Å². The third-order valence-electron chi connectivity index (χ3n) is 3.10. The summed E-state index contributed by atoms with van der Waals surface area (Å²) in [4.78, 5) is 28.1. The Bertz CT molecular complexity index is 441. The second-order valence-electron chi connectivity index (χ2n) is 4.25. The van der Waals surface area contributed by atoms with Crippen LogP contribution in [0.2, 0.25) is 0 Å². The average molecular weight is 237 g/mol. The van der Waals surface area contributed by atoms with Gasteiger partial charge in [0.15, 0.2) is 0 Å². The van der Waals surface area contributed by atoms with Crippen molar-refractivity contribution in [3.63, 3.8) is 0 Å². The minimum absolute atomic E-state index is 0.0739. The Morgan fingerprint density at radius 2 is 2.35 bits per heavy atom. The number of aliphatic carboxylic acids is 1. The van der Waals surface area contributed by atoms with E-state index in [1.807, 2.05) is 17.7 Å². The van der Waals surface area contributed by atoms with Crippen LogP contribution in [0.25, 0.3) is 0 Å². The van der Waals surface area contributed by atoms with Crippen molar-refractivity contribution in [3.05, 3.63) is 18.2 Å². The van der Waals surface area contributed by atoms with Gasteiger partial charge < -0.3 is 14.6 Å². The summed E-state index contributed by atoms with van der Waals surface area (Å²) in [7, 11) is 0. The first-order chi connectivity index (χ1) is 8.08. The van der Waals surface area contributed by atoms with E-state index in [9.17, 15) is 9.59 Å². The van der Waals surface area contributed by atoms with Gasteiger partial charge in [0.1, 0.15) is 5.82 Å². The van der Waals surface area contributed by atoms with E-state index in [0.717, 1.165) is 5.82 Å². The lowest BCUT2D eigenvalue weighted by atomic mass is 10.1. The molecular formula is C11H15N3O3. The van der Waals surface area contributed by atoms with E-state index in [0.29, 0.717) is 19.6 Å². The van der Waals surface area contributed by atoms with Gasteiger partial charge in [0.2, 0.25) is 5.91 Å². The Labute approximate surface area is 98.9 Å². The van der Waals surface area contributed by atoms with Crippen LogP contribution in [0.5, 0.6) is 0 Å². The lowest BCUT2D eigenvalue weighted by Crippen LogP contribution is -2.29. The predicted molar refractivity (Wildman–Crippen MR) is 59.3 cm³/mol. The fraction of sp³-hybridized carbons (Fsp3) is 0.545. The van der Waals surface area contributed by atoms with Gasteiger partial charge >= 0.3 is 5.97 Å². The van der Waals surface area contributed by atoms with Gasteiger partial charge in [-0.1, -0.05) is 0 Å². The van der Waals surface area contributed by atoms with Gasteiger partial charge in [-0.2, -0.15) is 0 Å². The lowest BCUT2D eigenvalue weighted by Gasteiger charge is -2.16. The molecule has 2 heterocycles. The number of hydrogen-bond acceptors (Lipinski definition) is 3. The second-order valence-corrected chi connectivity index (χ2v) is 4.25. The van der Waals surface area contributed by atoms with Gasteiger partial charge in [-0.25, -0.2) is 4.98 Å². The molecule has 0 aromatic carbocycles. The zero-order chi connectivity index (χ0) is 12.4. The highest BCUT2D eigenvalue weighted by atomic mass is 16.4. The molecule has 1 aliphatic rings. The maximum Gasteiger partial charge on any atom is 0.308 e. The summed E-state index contributed by atoms with van der Waals surface area (Å²) >= 11 is 0. The Kier molecular flexibility index (Phi) is 3.12. The molecule has 2 rings (SSSR count). The molecule has 1 saturated heterocycles. The number of aromatic nitrogens is 2. The van der Waals surface area contributed by atoms with Crippen LogP contribution < -0.4 is 0 Å². The molecule has 6 nitrogen and oxygen atoms in total. The Morgan fingerprint density at radius 1 is 1.59 bits per heavy atom. The maximum absolute atomic E-state index is 11.6. The predicted octanol–water partition coefficient (Wildman–Crippen LogP) is 0.125. The van der Waals surface area contributed by atoms with Crippen LogP contribution in [-0.2, 0) is 16.1 Å². The first-order valence-electron chi connectivity index (χ1n) is 5.56. The fourth-order valence-electron chi connectivity index (χ4n) is 2.02. The summed E-state index contributed by atoms with van der Waals surface area (Å²) in [5.41, 5.74) is 0. The molecule has 0 bridgehead atoms. The van der Waals surface area contributed by atoms with Crippen molar-refractivity contribution >= 4 is 11.9 Å². The number of nitrogens with zero attached hydrogens (tertiary/aromatic N) is 3. The van der Waals surface area contributed by atoms with Crippen molar-refractivity contribution in [2.75, 3.05) is 13.1 Å². The number of hydrogen-bond donors (Lipinski definition) is 1. The van der Waals surface area contributed by atoms with E-state index in [4.69, 9.17) is 5.11 Å².